The maximum atomic E-state index is 7.16. The Labute approximate surface area is 406 Å². The van der Waals surface area contributed by atoms with Gasteiger partial charge in [-0.2, -0.15) is 0 Å². The van der Waals surface area contributed by atoms with Gasteiger partial charge in [-0.1, -0.05) is 121 Å². The van der Waals surface area contributed by atoms with Crippen LogP contribution in [0.1, 0.15) is 22.3 Å². The lowest BCUT2D eigenvalue weighted by atomic mass is 9.66. The minimum absolute atomic E-state index is 0.754. The van der Waals surface area contributed by atoms with Gasteiger partial charge in [0.25, 0.3) is 0 Å². The molecule has 2 aliphatic rings. The standard InChI is InChI=1S/C64H38N6O/c1-6-20-52-42(13-1)43-14-2-7-21-53(43)68(52)41-27-28-48-61(37-41)71-60-30-26-40(36-51(60)64(48)49-18-11-32-66-62(49)63-50(64)19-12-33-67-63)39-25-29-57-47(35-39)46-17-5-10-24-56(46)69(57)58-31-34-65-38-59(58)70-54-22-8-3-15-44(54)45-16-4-9-23-55(45)70/h1-38H. The molecule has 0 fully saturated rings. The highest BCUT2D eigenvalue weighted by molar-refractivity contribution is 6.13. The summed E-state index contributed by atoms with van der Waals surface area (Å²) in [4.78, 5) is 14.8. The molecule has 0 unspecified atom stereocenters. The third-order valence-electron chi connectivity index (χ3n) is 15.3. The van der Waals surface area contributed by atoms with Crippen LogP contribution in [0, 0.1) is 0 Å². The minimum atomic E-state index is -0.754. The molecule has 14 aromatic rings. The summed E-state index contributed by atoms with van der Waals surface area (Å²) in [5.41, 5.74) is 17.5. The Kier molecular flexibility index (Phi) is 7.69. The molecule has 0 atom stereocenters. The maximum Gasteiger partial charge on any atom is 0.134 e. The molecule has 16 rings (SSSR count). The molecule has 1 aliphatic heterocycles. The number of ether oxygens (including phenoxy) is 1. The predicted octanol–water partition coefficient (Wildman–Crippen LogP) is 15.3. The van der Waals surface area contributed by atoms with E-state index in [1.807, 2.05) is 24.8 Å². The molecular formula is C64H38N6O. The van der Waals surface area contributed by atoms with Crippen molar-refractivity contribution in [1.82, 2.24) is 28.7 Å². The molecule has 7 nitrogen and oxygen atoms in total. The Bertz CT molecular complexity index is 4440. The van der Waals surface area contributed by atoms with Crippen molar-refractivity contribution in [3.8, 4) is 51.1 Å². The summed E-state index contributed by atoms with van der Waals surface area (Å²) in [5.74, 6) is 1.61. The monoisotopic (exact) mass is 906 g/mol. The minimum Gasteiger partial charge on any atom is -0.457 e. The topological polar surface area (TPSA) is 62.7 Å². The first-order valence-corrected chi connectivity index (χ1v) is 24.1. The quantitative estimate of drug-likeness (QED) is 0.176. The lowest BCUT2D eigenvalue weighted by Gasteiger charge is -2.39. The molecule has 7 heterocycles. The fraction of sp³-hybridized carbons (Fsp3) is 0.0156. The van der Waals surface area contributed by atoms with E-state index in [4.69, 9.17) is 19.7 Å². The van der Waals surface area contributed by atoms with Crippen LogP contribution in [-0.2, 0) is 5.41 Å². The van der Waals surface area contributed by atoms with Crippen LogP contribution < -0.4 is 4.74 Å². The number of aromatic nitrogens is 6. The van der Waals surface area contributed by atoms with Gasteiger partial charge in [-0.25, -0.2) is 0 Å². The van der Waals surface area contributed by atoms with Crippen molar-refractivity contribution in [1.29, 1.82) is 0 Å². The molecule has 1 aliphatic carbocycles. The Morgan fingerprint density at radius 1 is 0.338 bits per heavy atom. The Balaban J connectivity index is 0.896. The van der Waals surface area contributed by atoms with E-state index in [2.05, 4.69) is 220 Å². The molecule has 71 heavy (non-hydrogen) atoms. The van der Waals surface area contributed by atoms with Gasteiger partial charge in [0, 0.05) is 73.8 Å². The van der Waals surface area contributed by atoms with Gasteiger partial charge in [0.2, 0.25) is 0 Å². The first-order chi connectivity index (χ1) is 35.2. The normalized spacial score (nSPS) is 13.3. The van der Waals surface area contributed by atoms with Crippen molar-refractivity contribution in [2.24, 2.45) is 0 Å². The molecule has 0 saturated heterocycles. The fourth-order valence-corrected chi connectivity index (χ4v) is 12.5. The van der Waals surface area contributed by atoms with Crippen LogP contribution in [0.3, 0.4) is 0 Å². The van der Waals surface area contributed by atoms with E-state index in [9.17, 15) is 0 Å². The van der Waals surface area contributed by atoms with Gasteiger partial charge in [0.05, 0.1) is 67.5 Å². The number of pyridine rings is 3. The molecule has 1 spiro atoms. The van der Waals surface area contributed by atoms with Gasteiger partial charge in [-0.15, -0.1) is 0 Å². The van der Waals surface area contributed by atoms with E-state index in [-0.39, 0.29) is 0 Å². The summed E-state index contributed by atoms with van der Waals surface area (Å²) in [6, 6.07) is 74.4. The smallest absolute Gasteiger partial charge is 0.134 e. The van der Waals surface area contributed by atoms with Crippen LogP contribution in [0.2, 0.25) is 0 Å². The molecule has 8 aromatic carbocycles. The van der Waals surface area contributed by atoms with Crippen LogP contribution in [-0.4, -0.2) is 28.7 Å². The summed E-state index contributed by atoms with van der Waals surface area (Å²) < 4.78 is 14.3. The lowest BCUT2D eigenvalue weighted by molar-refractivity contribution is 0.436. The predicted molar refractivity (Wildman–Crippen MR) is 286 cm³/mol. The second kappa shape index (κ2) is 14.2. The van der Waals surface area contributed by atoms with Crippen molar-refractivity contribution in [3.05, 3.63) is 253 Å². The molecule has 0 bridgehead atoms. The van der Waals surface area contributed by atoms with Crippen LogP contribution in [0.4, 0.5) is 0 Å². The second-order valence-corrected chi connectivity index (χ2v) is 18.7. The zero-order chi connectivity index (χ0) is 46.4. The molecule has 0 saturated carbocycles. The van der Waals surface area contributed by atoms with Gasteiger partial charge >= 0.3 is 0 Å². The molecular weight excluding hydrogens is 869 g/mol. The van der Waals surface area contributed by atoms with Crippen molar-refractivity contribution in [2.45, 2.75) is 5.41 Å². The van der Waals surface area contributed by atoms with Crippen molar-refractivity contribution < 1.29 is 4.74 Å². The highest BCUT2D eigenvalue weighted by atomic mass is 16.5. The number of benzene rings is 8. The SMILES string of the molecule is c1cnc2c(c1)C1(c3ccc(-n4c5ccccc5c5ccccc54)cc3Oc3ccc(-c4ccc5c(c4)c4ccccc4n5-c4ccncc4-n4c5ccccc5c5ccccc54)cc31)c1cccnc1-2. The maximum absolute atomic E-state index is 7.16. The van der Waals surface area contributed by atoms with E-state index < -0.39 is 5.41 Å². The van der Waals surface area contributed by atoms with Crippen LogP contribution >= 0.6 is 0 Å². The number of nitrogens with zero attached hydrogens (tertiary/aromatic N) is 6. The van der Waals surface area contributed by atoms with Crippen LogP contribution in [0.15, 0.2) is 231 Å². The van der Waals surface area contributed by atoms with E-state index in [1.165, 1.54) is 32.3 Å². The van der Waals surface area contributed by atoms with E-state index in [1.54, 1.807) is 0 Å². The van der Waals surface area contributed by atoms with Gasteiger partial charge < -0.3 is 18.4 Å². The molecule has 0 N–H and O–H groups in total. The van der Waals surface area contributed by atoms with Crippen LogP contribution in [0.5, 0.6) is 11.5 Å². The van der Waals surface area contributed by atoms with E-state index >= 15 is 0 Å². The molecule has 7 heteroatoms. The first-order valence-electron chi connectivity index (χ1n) is 24.1. The summed E-state index contributed by atoms with van der Waals surface area (Å²) >= 11 is 0. The Morgan fingerprint density at radius 2 is 0.845 bits per heavy atom. The number of hydrogen-bond acceptors (Lipinski definition) is 4. The second-order valence-electron chi connectivity index (χ2n) is 18.7. The Hall–Kier alpha value is -9.59. The number of para-hydroxylation sites is 5. The number of rotatable bonds is 4. The van der Waals surface area contributed by atoms with Crippen molar-refractivity contribution in [2.75, 3.05) is 0 Å². The third-order valence-corrected chi connectivity index (χ3v) is 15.3. The third kappa shape index (κ3) is 5.08. The fourth-order valence-electron chi connectivity index (χ4n) is 12.5. The number of fused-ring (bicyclic) bond motifs is 18. The van der Waals surface area contributed by atoms with Gasteiger partial charge in [-0.05, 0) is 101 Å². The van der Waals surface area contributed by atoms with Gasteiger partial charge in [0.15, 0.2) is 0 Å². The average Bonchev–Trinajstić information content (AvgIpc) is 4.15. The largest absolute Gasteiger partial charge is 0.457 e. The first kappa shape index (κ1) is 38.4. The summed E-state index contributed by atoms with van der Waals surface area (Å²) in [5, 5.41) is 7.21. The molecule has 330 valence electrons. The number of hydrogen-bond donors (Lipinski definition) is 0. The summed E-state index contributed by atoms with van der Waals surface area (Å²) in [6.07, 6.45) is 7.66. The van der Waals surface area contributed by atoms with Gasteiger partial charge in [-0.3, -0.25) is 15.0 Å². The van der Waals surface area contributed by atoms with Crippen molar-refractivity contribution in [3.63, 3.8) is 0 Å². The van der Waals surface area contributed by atoms with Crippen LogP contribution in [0.25, 0.3) is 105 Å². The van der Waals surface area contributed by atoms with E-state index in [0.29, 0.717) is 0 Å². The summed E-state index contributed by atoms with van der Waals surface area (Å²) in [7, 11) is 0. The zero-order valence-corrected chi connectivity index (χ0v) is 38.0. The molecule has 0 radical (unpaired) electrons. The lowest BCUT2D eigenvalue weighted by Crippen LogP contribution is -2.32. The van der Waals surface area contributed by atoms with Gasteiger partial charge in [0.1, 0.15) is 11.5 Å². The summed E-state index contributed by atoms with van der Waals surface area (Å²) in [6.45, 7) is 0. The Morgan fingerprint density at radius 3 is 1.45 bits per heavy atom. The highest BCUT2D eigenvalue weighted by Crippen LogP contribution is 2.62. The van der Waals surface area contributed by atoms with Crippen molar-refractivity contribution >= 4 is 65.4 Å². The molecule has 0 amide bonds. The highest BCUT2D eigenvalue weighted by Gasteiger charge is 2.52. The average molecular weight is 907 g/mol. The molecule has 6 aromatic heterocycles. The van der Waals surface area contributed by atoms with E-state index in [0.717, 1.165) is 106 Å². The zero-order valence-electron chi connectivity index (χ0n) is 38.0.